The third-order valence-corrected chi connectivity index (χ3v) is 5.34. The Bertz CT molecular complexity index is 256. The molecule has 2 aliphatic rings. The first-order valence-electron chi connectivity index (χ1n) is 8.61. The van der Waals surface area contributed by atoms with Crippen LogP contribution in [0.5, 0.6) is 0 Å². The average molecular weight is 266 g/mol. The van der Waals surface area contributed by atoms with E-state index in [9.17, 15) is 0 Å². The molecule has 1 aliphatic carbocycles. The summed E-state index contributed by atoms with van der Waals surface area (Å²) in [5.74, 6) is 1.80. The highest BCUT2D eigenvalue weighted by Crippen LogP contribution is 2.32. The van der Waals surface area contributed by atoms with Gasteiger partial charge in [0.15, 0.2) is 0 Å². The van der Waals surface area contributed by atoms with Gasteiger partial charge in [-0.1, -0.05) is 33.6 Å². The van der Waals surface area contributed by atoms with E-state index in [0.717, 1.165) is 23.9 Å². The summed E-state index contributed by atoms with van der Waals surface area (Å²) < 4.78 is 0. The van der Waals surface area contributed by atoms with Crippen LogP contribution in [0.3, 0.4) is 0 Å². The van der Waals surface area contributed by atoms with Crippen LogP contribution >= 0.6 is 0 Å². The third kappa shape index (κ3) is 3.95. The zero-order valence-electron chi connectivity index (χ0n) is 13.5. The predicted molar refractivity (Wildman–Crippen MR) is 83.5 cm³/mol. The molecule has 2 nitrogen and oxygen atoms in total. The van der Waals surface area contributed by atoms with Gasteiger partial charge in [-0.3, -0.25) is 4.90 Å². The molecule has 1 saturated carbocycles. The van der Waals surface area contributed by atoms with Gasteiger partial charge in [0.2, 0.25) is 0 Å². The number of piperazine rings is 1. The van der Waals surface area contributed by atoms with Crippen molar-refractivity contribution in [3.63, 3.8) is 0 Å². The molecule has 1 aliphatic heterocycles. The van der Waals surface area contributed by atoms with Crippen molar-refractivity contribution >= 4 is 0 Å². The van der Waals surface area contributed by atoms with Crippen molar-refractivity contribution in [1.29, 1.82) is 0 Å². The summed E-state index contributed by atoms with van der Waals surface area (Å²) in [4.78, 5) is 2.86. The van der Waals surface area contributed by atoms with Crippen molar-refractivity contribution in [1.82, 2.24) is 10.2 Å². The molecule has 0 amide bonds. The molecular formula is C17H34N2. The Morgan fingerprint density at radius 3 is 2.42 bits per heavy atom. The molecule has 2 heteroatoms. The van der Waals surface area contributed by atoms with Crippen LogP contribution in [0.1, 0.15) is 66.2 Å². The van der Waals surface area contributed by atoms with Crippen molar-refractivity contribution < 1.29 is 0 Å². The van der Waals surface area contributed by atoms with Crippen molar-refractivity contribution in [2.24, 2.45) is 11.8 Å². The molecule has 0 aromatic rings. The second kappa shape index (κ2) is 7.08. The van der Waals surface area contributed by atoms with Gasteiger partial charge in [0, 0.05) is 31.2 Å². The molecule has 112 valence electrons. The Hall–Kier alpha value is -0.0800. The lowest BCUT2D eigenvalue weighted by molar-refractivity contribution is 0.0343. The fourth-order valence-electron chi connectivity index (χ4n) is 4.17. The Morgan fingerprint density at radius 2 is 1.84 bits per heavy atom. The van der Waals surface area contributed by atoms with Gasteiger partial charge in [-0.15, -0.1) is 0 Å². The highest BCUT2D eigenvalue weighted by Gasteiger charge is 2.34. The monoisotopic (exact) mass is 266 g/mol. The fraction of sp³-hybridized carbons (Fsp3) is 1.00. The van der Waals surface area contributed by atoms with Crippen LogP contribution in [0.2, 0.25) is 0 Å². The smallest absolute Gasteiger partial charge is 0.0247 e. The summed E-state index contributed by atoms with van der Waals surface area (Å²) in [6, 6.07) is 2.29. The number of nitrogens with zero attached hydrogens (tertiary/aromatic N) is 1. The Balaban J connectivity index is 1.91. The predicted octanol–water partition coefficient (Wildman–Crippen LogP) is 3.66. The highest BCUT2D eigenvalue weighted by atomic mass is 15.3. The Kier molecular flexibility index (Phi) is 5.70. The molecule has 0 bridgehead atoms. The normalized spacial score (nSPS) is 37.7. The van der Waals surface area contributed by atoms with E-state index in [4.69, 9.17) is 0 Å². The first-order valence-corrected chi connectivity index (χ1v) is 8.61. The van der Waals surface area contributed by atoms with E-state index in [0.29, 0.717) is 6.04 Å². The second-order valence-electron chi connectivity index (χ2n) is 7.28. The molecule has 0 aromatic carbocycles. The minimum Gasteiger partial charge on any atom is -0.311 e. The third-order valence-electron chi connectivity index (χ3n) is 5.34. The van der Waals surface area contributed by atoms with Gasteiger partial charge in [-0.25, -0.2) is 0 Å². The van der Waals surface area contributed by atoms with Crippen LogP contribution in [-0.2, 0) is 0 Å². The van der Waals surface area contributed by atoms with Crippen LogP contribution in [0.25, 0.3) is 0 Å². The zero-order valence-corrected chi connectivity index (χ0v) is 13.5. The number of rotatable bonds is 4. The Morgan fingerprint density at radius 1 is 1.16 bits per heavy atom. The van der Waals surface area contributed by atoms with Gasteiger partial charge >= 0.3 is 0 Å². The maximum absolute atomic E-state index is 3.67. The summed E-state index contributed by atoms with van der Waals surface area (Å²) in [5.41, 5.74) is 0. The molecule has 1 heterocycles. The number of nitrogens with one attached hydrogen (secondary N) is 1. The average Bonchev–Trinajstić information content (AvgIpc) is 2.39. The SMILES string of the molecule is CCCC1CCC(N2CC(C)NCC2C(C)C)CC1. The summed E-state index contributed by atoms with van der Waals surface area (Å²) in [7, 11) is 0. The van der Waals surface area contributed by atoms with Crippen LogP contribution < -0.4 is 5.32 Å². The van der Waals surface area contributed by atoms with Crippen molar-refractivity contribution in [3.8, 4) is 0 Å². The van der Waals surface area contributed by atoms with Gasteiger partial charge in [-0.05, 0) is 44.4 Å². The molecule has 1 N–H and O–H groups in total. The molecule has 1 saturated heterocycles. The lowest BCUT2D eigenvalue weighted by Crippen LogP contribution is -2.60. The van der Waals surface area contributed by atoms with Crippen LogP contribution in [0.4, 0.5) is 0 Å². The highest BCUT2D eigenvalue weighted by molar-refractivity contribution is 4.91. The van der Waals surface area contributed by atoms with Gasteiger partial charge in [0.05, 0.1) is 0 Å². The molecule has 2 unspecified atom stereocenters. The second-order valence-corrected chi connectivity index (χ2v) is 7.28. The Labute approximate surface area is 120 Å². The topological polar surface area (TPSA) is 15.3 Å². The van der Waals surface area contributed by atoms with Gasteiger partial charge in [0.1, 0.15) is 0 Å². The van der Waals surface area contributed by atoms with E-state index in [1.54, 1.807) is 0 Å². The molecule has 19 heavy (non-hydrogen) atoms. The van der Waals surface area contributed by atoms with E-state index in [1.165, 1.54) is 51.6 Å². The van der Waals surface area contributed by atoms with Crippen LogP contribution in [0, 0.1) is 11.8 Å². The minimum absolute atomic E-state index is 0.670. The van der Waals surface area contributed by atoms with E-state index in [-0.39, 0.29) is 0 Å². The molecule has 0 aromatic heterocycles. The van der Waals surface area contributed by atoms with Crippen LogP contribution in [-0.4, -0.2) is 36.1 Å². The molecule has 0 spiro atoms. The standard InChI is InChI=1S/C17H34N2/c1-5-6-15-7-9-16(10-8-15)19-12-14(4)18-11-17(19)13(2)3/h13-18H,5-12H2,1-4H3. The summed E-state index contributed by atoms with van der Waals surface area (Å²) in [5, 5.41) is 3.67. The molecular weight excluding hydrogens is 232 g/mol. The summed E-state index contributed by atoms with van der Waals surface area (Å²) >= 11 is 0. The van der Waals surface area contributed by atoms with Gasteiger partial charge in [-0.2, -0.15) is 0 Å². The molecule has 2 fully saturated rings. The van der Waals surface area contributed by atoms with E-state index >= 15 is 0 Å². The molecule has 0 radical (unpaired) electrons. The first-order chi connectivity index (χ1) is 9.11. The lowest BCUT2D eigenvalue weighted by Gasteiger charge is -2.47. The maximum Gasteiger partial charge on any atom is 0.0247 e. The largest absolute Gasteiger partial charge is 0.311 e. The van der Waals surface area contributed by atoms with Crippen molar-refractivity contribution in [3.05, 3.63) is 0 Å². The zero-order chi connectivity index (χ0) is 13.8. The van der Waals surface area contributed by atoms with Crippen molar-refractivity contribution in [2.75, 3.05) is 13.1 Å². The summed E-state index contributed by atoms with van der Waals surface area (Å²) in [6.07, 6.45) is 8.66. The van der Waals surface area contributed by atoms with E-state index in [1.807, 2.05) is 0 Å². The maximum atomic E-state index is 3.67. The van der Waals surface area contributed by atoms with Gasteiger partial charge < -0.3 is 5.32 Å². The van der Waals surface area contributed by atoms with Crippen LogP contribution in [0.15, 0.2) is 0 Å². The van der Waals surface area contributed by atoms with E-state index in [2.05, 4.69) is 37.9 Å². The quantitative estimate of drug-likeness (QED) is 0.835. The number of hydrogen-bond acceptors (Lipinski definition) is 2. The van der Waals surface area contributed by atoms with Crippen molar-refractivity contribution in [2.45, 2.75) is 84.3 Å². The molecule has 2 atom stereocenters. The summed E-state index contributed by atoms with van der Waals surface area (Å²) in [6.45, 7) is 11.9. The minimum atomic E-state index is 0.670. The van der Waals surface area contributed by atoms with Gasteiger partial charge in [0.25, 0.3) is 0 Å². The van der Waals surface area contributed by atoms with E-state index < -0.39 is 0 Å². The lowest BCUT2D eigenvalue weighted by atomic mass is 9.81. The molecule has 2 rings (SSSR count). The fourth-order valence-corrected chi connectivity index (χ4v) is 4.17. The first kappa shape index (κ1) is 15.3. The number of hydrogen-bond donors (Lipinski definition) is 1.